The molecule has 0 aliphatic rings. The molecule has 0 saturated heterocycles. The van der Waals surface area contributed by atoms with Gasteiger partial charge < -0.3 is 4.98 Å². The topological polar surface area (TPSA) is 41.6 Å². The maximum absolute atomic E-state index is 4.00. The molecule has 0 aliphatic carbocycles. The van der Waals surface area contributed by atoms with E-state index in [1.54, 1.807) is 12.5 Å². The van der Waals surface area contributed by atoms with Crippen LogP contribution in [0.3, 0.4) is 0 Å². The summed E-state index contributed by atoms with van der Waals surface area (Å²) in [4.78, 5) is 10.9. The van der Waals surface area contributed by atoms with Gasteiger partial charge in [-0.3, -0.25) is 0 Å². The SMILES string of the molecule is CC(C)(C)C.c1cnc2nc[nH]c2c1. The number of aromatic nitrogens is 3. The molecule has 0 aliphatic heterocycles. The molecule has 2 heterocycles. The minimum Gasteiger partial charge on any atom is -0.343 e. The molecule has 0 radical (unpaired) electrons. The van der Waals surface area contributed by atoms with Gasteiger partial charge in [0, 0.05) is 6.20 Å². The number of rotatable bonds is 0. The number of H-pyrrole nitrogens is 1. The first-order chi connectivity index (χ1) is 6.47. The van der Waals surface area contributed by atoms with Crippen LogP contribution in [-0.4, -0.2) is 15.0 Å². The van der Waals surface area contributed by atoms with Crippen LogP contribution in [0.2, 0.25) is 0 Å². The second kappa shape index (κ2) is 4.22. The highest BCUT2D eigenvalue weighted by molar-refractivity contribution is 5.68. The Morgan fingerprint density at radius 3 is 2.36 bits per heavy atom. The molecule has 0 amide bonds. The number of fused-ring (bicyclic) bond motifs is 1. The Morgan fingerprint density at radius 1 is 1.14 bits per heavy atom. The molecular formula is C11H17N3. The zero-order valence-corrected chi connectivity index (χ0v) is 9.20. The van der Waals surface area contributed by atoms with Crippen LogP contribution in [0.1, 0.15) is 27.7 Å². The van der Waals surface area contributed by atoms with Crippen molar-refractivity contribution in [1.82, 2.24) is 15.0 Å². The number of nitrogens with zero attached hydrogens (tertiary/aromatic N) is 2. The van der Waals surface area contributed by atoms with Crippen LogP contribution in [0.4, 0.5) is 0 Å². The number of aromatic amines is 1. The number of imidazole rings is 1. The molecule has 0 bridgehead atoms. The van der Waals surface area contributed by atoms with Gasteiger partial charge >= 0.3 is 0 Å². The number of nitrogens with one attached hydrogen (secondary N) is 1. The molecule has 2 rings (SSSR count). The molecule has 3 nitrogen and oxygen atoms in total. The van der Waals surface area contributed by atoms with Gasteiger partial charge in [-0.25, -0.2) is 9.97 Å². The van der Waals surface area contributed by atoms with Crippen molar-refractivity contribution in [1.29, 1.82) is 0 Å². The molecule has 2 aromatic rings. The Bertz CT molecular complexity index is 348. The van der Waals surface area contributed by atoms with Crippen molar-refractivity contribution in [3.63, 3.8) is 0 Å². The van der Waals surface area contributed by atoms with Crippen molar-refractivity contribution in [2.75, 3.05) is 0 Å². The molecule has 0 spiro atoms. The first-order valence-corrected chi connectivity index (χ1v) is 4.71. The fraction of sp³-hybridized carbons (Fsp3) is 0.455. The molecule has 76 valence electrons. The fourth-order valence-electron chi connectivity index (χ4n) is 0.775. The summed E-state index contributed by atoms with van der Waals surface area (Å²) in [6, 6.07) is 3.82. The summed E-state index contributed by atoms with van der Waals surface area (Å²) in [6.07, 6.45) is 3.36. The Hall–Kier alpha value is -1.38. The maximum atomic E-state index is 4.00. The van der Waals surface area contributed by atoms with E-state index < -0.39 is 0 Å². The largest absolute Gasteiger partial charge is 0.343 e. The highest BCUT2D eigenvalue weighted by atomic mass is 14.9. The number of hydrogen-bond donors (Lipinski definition) is 1. The normalized spacial score (nSPS) is 10.9. The fourth-order valence-corrected chi connectivity index (χ4v) is 0.775. The highest BCUT2D eigenvalue weighted by Crippen LogP contribution is 2.08. The van der Waals surface area contributed by atoms with E-state index in [2.05, 4.69) is 42.6 Å². The molecule has 3 heteroatoms. The van der Waals surface area contributed by atoms with Crippen molar-refractivity contribution in [3.8, 4) is 0 Å². The second-order valence-electron chi connectivity index (χ2n) is 4.78. The summed E-state index contributed by atoms with van der Waals surface area (Å²) in [5, 5.41) is 0. The molecule has 0 unspecified atom stereocenters. The lowest BCUT2D eigenvalue weighted by Gasteiger charge is -2.05. The monoisotopic (exact) mass is 191 g/mol. The Kier molecular flexibility index (Phi) is 3.23. The van der Waals surface area contributed by atoms with Crippen LogP contribution in [0.5, 0.6) is 0 Å². The Balaban J connectivity index is 0.000000171. The minimum atomic E-state index is 0.500. The van der Waals surface area contributed by atoms with Crippen molar-refractivity contribution < 1.29 is 0 Å². The van der Waals surface area contributed by atoms with Crippen LogP contribution in [0.15, 0.2) is 24.7 Å². The maximum Gasteiger partial charge on any atom is 0.177 e. The minimum absolute atomic E-state index is 0.500. The summed E-state index contributed by atoms with van der Waals surface area (Å²) >= 11 is 0. The molecule has 0 atom stereocenters. The lowest BCUT2D eigenvalue weighted by atomic mass is 10.0. The van der Waals surface area contributed by atoms with Gasteiger partial charge in [-0.15, -0.1) is 0 Å². The quantitative estimate of drug-likeness (QED) is 0.695. The van der Waals surface area contributed by atoms with Gasteiger partial charge in [-0.1, -0.05) is 27.7 Å². The van der Waals surface area contributed by atoms with E-state index in [9.17, 15) is 0 Å². The number of hydrogen-bond acceptors (Lipinski definition) is 2. The van der Waals surface area contributed by atoms with Crippen LogP contribution in [-0.2, 0) is 0 Å². The third-order valence-corrected chi connectivity index (χ3v) is 1.19. The summed E-state index contributed by atoms with van der Waals surface area (Å²) in [5.41, 5.74) is 2.26. The van der Waals surface area contributed by atoms with E-state index >= 15 is 0 Å². The predicted molar refractivity (Wildman–Crippen MR) is 59.0 cm³/mol. The average molecular weight is 191 g/mol. The lowest BCUT2D eigenvalue weighted by molar-refractivity contribution is 0.469. The molecule has 1 N–H and O–H groups in total. The molecule has 0 saturated carbocycles. The van der Waals surface area contributed by atoms with E-state index in [-0.39, 0.29) is 0 Å². The first kappa shape index (κ1) is 10.7. The smallest absolute Gasteiger partial charge is 0.177 e. The van der Waals surface area contributed by atoms with Gasteiger partial charge in [0.05, 0.1) is 11.8 Å². The lowest BCUT2D eigenvalue weighted by Crippen LogP contribution is -1.93. The molecule has 14 heavy (non-hydrogen) atoms. The third kappa shape index (κ3) is 4.03. The van der Waals surface area contributed by atoms with E-state index in [1.165, 1.54) is 0 Å². The molecule has 0 fully saturated rings. The van der Waals surface area contributed by atoms with Gasteiger partial charge in [0.1, 0.15) is 0 Å². The standard InChI is InChI=1S/C6H5N3.C5H12/c1-2-5-6(7-3-1)9-4-8-5;1-5(2,3)4/h1-4H,(H,7,8,9);1-4H3. The van der Waals surface area contributed by atoms with Gasteiger partial charge in [-0.2, -0.15) is 0 Å². The van der Waals surface area contributed by atoms with Crippen molar-refractivity contribution in [2.45, 2.75) is 27.7 Å². The third-order valence-electron chi connectivity index (χ3n) is 1.19. The molecule has 2 aromatic heterocycles. The summed E-state index contributed by atoms with van der Waals surface area (Å²) < 4.78 is 0. The zero-order valence-electron chi connectivity index (χ0n) is 9.20. The first-order valence-electron chi connectivity index (χ1n) is 4.71. The van der Waals surface area contributed by atoms with Crippen molar-refractivity contribution in [3.05, 3.63) is 24.7 Å². The van der Waals surface area contributed by atoms with E-state index in [4.69, 9.17) is 0 Å². The highest BCUT2D eigenvalue weighted by Gasteiger charge is 1.95. The van der Waals surface area contributed by atoms with Crippen LogP contribution < -0.4 is 0 Å². The summed E-state index contributed by atoms with van der Waals surface area (Å²) in [5.74, 6) is 0. The van der Waals surface area contributed by atoms with Crippen LogP contribution in [0, 0.1) is 5.41 Å². The predicted octanol–water partition coefficient (Wildman–Crippen LogP) is 3.01. The van der Waals surface area contributed by atoms with E-state index in [0.29, 0.717) is 5.41 Å². The van der Waals surface area contributed by atoms with Crippen LogP contribution in [0.25, 0.3) is 11.2 Å². The van der Waals surface area contributed by atoms with Crippen molar-refractivity contribution >= 4 is 11.2 Å². The van der Waals surface area contributed by atoms with Gasteiger partial charge in [0.25, 0.3) is 0 Å². The average Bonchev–Trinajstić information content (AvgIpc) is 2.47. The van der Waals surface area contributed by atoms with Crippen LogP contribution >= 0.6 is 0 Å². The van der Waals surface area contributed by atoms with E-state index in [1.807, 2.05) is 12.1 Å². The Morgan fingerprint density at radius 2 is 1.79 bits per heavy atom. The van der Waals surface area contributed by atoms with Crippen molar-refractivity contribution in [2.24, 2.45) is 5.41 Å². The zero-order chi connectivity index (χ0) is 10.6. The second-order valence-corrected chi connectivity index (χ2v) is 4.78. The van der Waals surface area contributed by atoms with Gasteiger partial charge in [0.15, 0.2) is 5.65 Å². The summed E-state index contributed by atoms with van der Waals surface area (Å²) in [7, 11) is 0. The number of pyridine rings is 1. The Labute approximate surface area is 84.6 Å². The van der Waals surface area contributed by atoms with Gasteiger partial charge in [-0.05, 0) is 17.5 Å². The van der Waals surface area contributed by atoms with E-state index in [0.717, 1.165) is 11.2 Å². The van der Waals surface area contributed by atoms with Gasteiger partial charge in [0.2, 0.25) is 0 Å². The molecule has 0 aromatic carbocycles. The summed E-state index contributed by atoms with van der Waals surface area (Å²) in [6.45, 7) is 8.75. The molecular weight excluding hydrogens is 174 g/mol.